The predicted molar refractivity (Wildman–Crippen MR) is 123 cm³/mol. The first-order chi connectivity index (χ1) is 15.2. The first-order valence-corrected chi connectivity index (χ1v) is 10.5. The van der Waals surface area contributed by atoms with Gasteiger partial charge in [-0.05, 0) is 42.7 Å². The van der Waals surface area contributed by atoms with Crippen molar-refractivity contribution in [2.75, 3.05) is 13.1 Å². The van der Waals surface area contributed by atoms with E-state index in [2.05, 4.69) is 37.8 Å². The molecule has 0 aliphatic carbocycles. The largest absolute Gasteiger partial charge is 0.361 e. The van der Waals surface area contributed by atoms with Gasteiger partial charge in [-0.3, -0.25) is 4.68 Å². The van der Waals surface area contributed by atoms with E-state index in [0.717, 1.165) is 47.5 Å². The third kappa shape index (κ3) is 5.51. The number of nitrogens with zero attached hydrogens (tertiary/aromatic N) is 3. The SMILES string of the molecule is CCNC(=NCc1cnn(Cc2ccccc2)c1)NCCc1c[nH]c2ccc(F)cc12. The Bertz CT molecular complexity index is 1150. The van der Waals surface area contributed by atoms with E-state index >= 15 is 0 Å². The van der Waals surface area contributed by atoms with E-state index in [0.29, 0.717) is 13.1 Å². The number of fused-ring (bicyclic) bond motifs is 1. The van der Waals surface area contributed by atoms with Crippen molar-refractivity contribution in [3.8, 4) is 0 Å². The van der Waals surface area contributed by atoms with E-state index < -0.39 is 0 Å². The lowest BCUT2D eigenvalue weighted by molar-refractivity contribution is 0.629. The van der Waals surface area contributed by atoms with Crippen LogP contribution in [-0.4, -0.2) is 33.8 Å². The number of rotatable bonds is 8. The normalized spacial score (nSPS) is 11.7. The number of hydrogen-bond donors (Lipinski definition) is 3. The molecule has 0 fully saturated rings. The molecule has 160 valence electrons. The van der Waals surface area contributed by atoms with Gasteiger partial charge in [-0.2, -0.15) is 5.10 Å². The third-order valence-electron chi connectivity index (χ3n) is 5.05. The number of hydrogen-bond acceptors (Lipinski definition) is 2. The highest BCUT2D eigenvalue weighted by molar-refractivity contribution is 5.83. The van der Waals surface area contributed by atoms with Crippen LogP contribution in [0.25, 0.3) is 10.9 Å². The van der Waals surface area contributed by atoms with Crippen LogP contribution in [0.3, 0.4) is 0 Å². The standard InChI is InChI=1S/C24H27FN6/c1-2-26-24(27-11-10-20-15-28-23-9-8-21(25)12-22(20)23)29-13-19-14-30-31(17-19)16-18-6-4-3-5-7-18/h3-9,12,14-15,17,28H,2,10-11,13,16H2,1H3,(H2,26,27,29). The fraction of sp³-hybridized carbons (Fsp3) is 0.250. The number of halogens is 1. The highest BCUT2D eigenvalue weighted by Gasteiger charge is 2.06. The highest BCUT2D eigenvalue weighted by atomic mass is 19.1. The Morgan fingerprint density at radius 1 is 1.13 bits per heavy atom. The zero-order valence-electron chi connectivity index (χ0n) is 17.6. The van der Waals surface area contributed by atoms with Crippen LogP contribution in [-0.2, 0) is 19.5 Å². The number of aromatic nitrogens is 3. The van der Waals surface area contributed by atoms with Gasteiger partial charge in [0.1, 0.15) is 5.82 Å². The first kappa shape index (κ1) is 20.7. The van der Waals surface area contributed by atoms with Crippen LogP contribution >= 0.6 is 0 Å². The molecule has 4 rings (SSSR count). The zero-order valence-corrected chi connectivity index (χ0v) is 17.6. The van der Waals surface area contributed by atoms with Crippen LogP contribution in [0.2, 0.25) is 0 Å². The lowest BCUT2D eigenvalue weighted by atomic mass is 10.1. The highest BCUT2D eigenvalue weighted by Crippen LogP contribution is 2.19. The number of nitrogens with one attached hydrogen (secondary N) is 3. The van der Waals surface area contributed by atoms with Crippen molar-refractivity contribution in [1.82, 2.24) is 25.4 Å². The molecule has 0 bridgehead atoms. The van der Waals surface area contributed by atoms with Crippen LogP contribution < -0.4 is 10.6 Å². The summed E-state index contributed by atoms with van der Waals surface area (Å²) in [5.74, 6) is 0.536. The molecule has 0 saturated carbocycles. The summed E-state index contributed by atoms with van der Waals surface area (Å²) in [4.78, 5) is 7.87. The Balaban J connectivity index is 1.33. The van der Waals surface area contributed by atoms with Crippen molar-refractivity contribution in [2.24, 2.45) is 4.99 Å². The summed E-state index contributed by atoms with van der Waals surface area (Å²) in [5, 5.41) is 12.0. The molecule has 6 nitrogen and oxygen atoms in total. The van der Waals surface area contributed by atoms with Gasteiger partial charge in [-0.1, -0.05) is 30.3 Å². The van der Waals surface area contributed by atoms with Crippen molar-refractivity contribution in [3.05, 3.63) is 89.6 Å². The number of H-pyrrole nitrogens is 1. The van der Waals surface area contributed by atoms with E-state index in [-0.39, 0.29) is 5.82 Å². The lowest BCUT2D eigenvalue weighted by Crippen LogP contribution is -2.38. The molecule has 2 aromatic carbocycles. The van der Waals surface area contributed by atoms with Crippen LogP contribution in [0.5, 0.6) is 0 Å². The molecule has 0 aliphatic rings. The Kier molecular flexibility index (Phi) is 6.62. The molecular formula is C24H27FN6. The van der Waals surface area contributed by atoms with E-state index in [4.69, 9.17) is 0 Å². The van der Waals surface area contributed by atoms with Gasteiger partial charge in [0.25, 0.3) is 0 Å². The predicted octanol–water partition coefficient (Wildman–Crippen LogP) is 3.85. The van der Waals surface area contributed by atoms with Crippen LogP contribution in [0.15, 0.2) is 72.1 Å². The molecule has 0 aliphatic heterocycles. The van der Waals surface area contributed by atoms with Gasteiger partial charge in [0.2, 0.25) is 0 Å². The van der Waals surface area contributed by atoms with E-state index in [1.165, 1.54) is 11.6 Å². The molecule has 31 heavy (non-hydrogen) atoms. The molecule has 0 atom stereocenters. The average molecular weight is 419 g/mol. The molecule has 2 aromatic heterocycles. The van der Waals surface area contributed by atoms with Gasteiger partial charge in [-0.25, -0.2) is 9.38 Å². The molecule has 0 spiro atoms. The maximum absolute atomic E-state index is 13.6. The Hall–Kier alpha value is -3.61. The van der Waals surface area contributed by atoms with Crippen LogP contribution in [0.1, 0.15) is 23.6 Å². The molecule has 7 heteroatoms. The molecule has 0 amide bonds. The van der Waals surface area contributed by atoms with E-state index in [1.54, 1.807) is 12.1 Å². The number of aliphatic imine (C=N–C) groups is 1. The monoisotopic (exact) mass is 418 g/mol. The number of benzene rings is 2. The summed E-state index contributed by atoms with van der Waals surface area (Å²) in [5.41, 5.74) is 4.30. The molecular weight excluding hydrogens is 391 g/mol. The average Bonchev–Trinajstić information content (AvgIpc) is 3.39. The molecule has 3 N–H and O–H groups in total. The molecule has 4 aromatic rings. The molecule has 2 heterocycles. The fourth-order valence-electron chi connectivity index (χ4n) is 3.53. The summed E-state index contributed by atoms with van der Waals surface area (Å²) < 4.78 is 15.5. The van der Waals surface area contributed by atoms with Gasteiger partial charge < -0.3 is 15.6 Å². The Labute approximate surface area is 181 Å². The summed E-state index contributed by atoms with van der Waals surface area (Å²) in [7, 11) is 0. The fourth-order valence-corrected chi connectivity index (χ4v) is 3.53. The Morgan fingerprint density at radius 3 is 2.84 bits per heavy atom. The quantitative estimate of drug-likeness (QED) is 0.301. The van der Waals surface area contributed by atoms with Gasteiger partial charge in [0.05, 0.1) is 19.3 Å². The van der Waals surface area contributed by atoms with Gasteiger partial charge >= 0.3 is 0 Å². The van der Waals surface area contributed by atoms with E-state index in [1.807, 2.05) is 48.4 Å². The van der Waals surface area contributed by atoms with Gasteiger partial charge in [-0.15, -0.1) is 0 Å². The summed E-state index contributed by atoms with van der Waals surface area (Å²) in [6.07, 6.45) is 6.59. The topological polar surface area (TPSA) is 70.0 Å². The summed E-state index contributed by atoms with van der Waals surface area (Å²) >= 11 is 0. The first-order valence-electron chi connectivity index (χ1n) is 10.5. The number of aromatic amines is 1. The second-order valence-corrected chi connectivity index (χ2v) is 7.41. The van der Waals surface area contributed by atoms with Gasteiger partial charge in [0, 0.05) is 41.9 Å². The van der Waals surface area contributed by atoms with Crippen molar-refractivity contribution in [2.45, 2.75) is 26.4 Å². The minimum Gasteiger partial charge on any atom is -0.361 e. The zero-order chi connectivity index (χ0) is 21.5. The second-order valence-electron chi connectivity index (χ2n) is 7.41. The lowest BCUT2D eigenvalue weighted by Gasteiger charge is -2.10. The minimum atomic E-state index is -0.218. The smallest absolute Gasteiger partial charge is 0.191 e. The molecule has 0 saturated heterocycles. The van der Waals surface area contributed by atoms with Crippen molar-refractivity contribution >= 4 is 16.9 Å². The Morgan fingerprint density at radius 2 is 2.00 bits per heavy atom. The van der Waals surface area contributed by atoms with Crippen LogP contribution in [0.4, 0.5) is 4.39 Å². The van der Waals surface area contributed by atoms with Crippen LogP contribution in [0, 0.1) is 5.82 Å². The maximum atomic E-state index is 13.6. The maximum Gasteiger partial charge on any atom is 0.191 e. The van der Waals surface area contributed by atoms with Gasteiger partial charge in [0.15, 0.2) is 5.96 Å². The second kappa shape index (κ2) is 9.93. The number of guanidine groups is 1. The molecule has 0 unspecified atom stereocenters. The molecule has 0 radical (unpaired) electrons. The van der Waals surface area contributed by atoms with Crippen molar-refractivity contribution < 1.29 is 4.39 Å². The summed E-state index contributed by atoms with van der Waals surface area (Å²) in [6.45, 7) is 4.80. The van der Waals surface area contributed by atoms with Crippen molar-refractivity contribution in [3.63, 3.8) is 0 Å². The van der Waals surface area contributed by atoms with E-state index in [9.17, 15) is 4.39 Å². The third-order valence-corrected chi connectivity index (χ3v) is 5.05. The van der Waals surface area contributed by atoms with Crippen molar-refractivity contribution in [1.29, 1.82) is 0 Å². The summed E-state index contributed by atoms with van der Waals surface area (Å²) in [6, 6.07) is 15.1. The minimum absolute atomic E-state index is 0.218.